The van der Waals surface area contributed by atoms with E-state index in [0.717, 1.165) is 4.57 Å². The smallest absolute Gasteiger partial charge is 0.320 e. The molecule has 0 saturated heterocycles. The highest BCUT2D eigenvalue weighted by molar-refractivity contribution is 6.43. The number of aromatic nitrogens is 2. The topological polar surface area (TPSA) is 56.1 Å². The van der Waals surface area contributed by atoms with Gasteiger partial charge in [0.25, 0.3) is 5.91 Å². The lowest BCUT2D eigenvalue weighted by Gasteiger charge is -2.16. The average Bonchev–Trinajstić information content (AvgIpc) is 3.03. The van der Waals surface area contributed by atoms with Crippen LogP contribution in [0.3, 0.4) is 0 Å². The van der Waals surface area contributed by atoms with Gasteiger partial charge in [0, 0.05) is 6.07 Å². The molecule has 1 aromatic heterocycles. The van der Waals surface area contributed by atoms with Crippen LogP contribution in [-0.4, -0.2) is 22.1 Å². The SMILES string of the molecule is CC(NC(=O)COc1cc(Cl)c(Cl)cc1Cl)c1nc2ccccc2n1C(F)F. The third-order valence-corrected chi connectivity index (χ3v) is 4.93. The first-order chi connectivity index (χ1) is 13.3. The van der Waals surface area contributed by atoms with E-state index in [1.165, 1.54) is 12.1 Å². The number of hydrogen-bond acceptors (Lipinski definition) is 3. The average molecular weight is 449 g/mol. The summed E-state index contributed by atoms with van der Waals surface area (Å²) in [5.74, 6) is -0.321. The Kier molecular flexibility index (Phi) is 6.27. The highest BCUT2D eigenvalue weighted by Crippen LogP contribution is 2.34. The Balaban J connectivity index is 1.72. The van der Waals surface area contributed by atoms with Gasteiger partial charge in [0.05, 0.1) is 32.1 Å². The number of nitrogens with one attached hydrogen (secondary N) is 1. The molecule has 0 radical (unpaired) electrons. The van der Waals surface area contributed by atoms with Gasteiger partial charge in [0.15, 0.2) is 6.61 Å². The summed E-state index contributed by atoms with van der Waals surface area (Å²) in [6, 6.07) is 8.52. The predicted molar refractivity (Wildman–Crippen MR) is 105 cm³/mol. The quantitative estimate of drug-likeness (QED) is 0.496. The molecule has 148 valence electrons. The maximum atomic E-state index is 13.5. The molecule has 0 aliphatic heterocycles. The number of carbonyl (C=O) groups excluding carboxylic acids is 1. The molecule has 10 heteroatoms. The van der Waals surface area contributed by atoms with Gasteiger partial charge in [-0.05, 0) is 25.1 Å². The molecular formula is C18H14Cl3F2N3O2. The molecule has 3 aromatic rings. The summed E-state index contributed by atoms with van der Waals surface area (Å²) < 4.78 is 33.2. The minimum absolute atomic E-state index is 0.0390. The fourth-order valence-electron chi connectivity index (χ4n) is 2.68. The lowest BCUT2D eigenvalue weighted by Crippen LogP contribution is -2.32. The van der Waals surface area contributed by atoms with Crippen molar-refractivity contribution in [2.75, 3.05) is 6.61 Å². The van der Waals surface area contributed by atoms with Crippen molar-refractivity contribution in [3.05, 3.63) is 57.3 Å². The van der Waals surface area contributed by atoms with Crippen LogP contribution in [0.2, 0.25) is 15.1 Å². The summed E-state index contributed by atoms with van der Waals surface area (Å²) in [5, 5.41) is 3.25. The summed E-state index contributed by atoms with van der Waals surface area (Å²) in [5.41, 5.74) is 0.699. The first kappa shape index (κ1) is 20.6. The van der Waals surface area contributed by atoms with Crippen LogP contribution < -0.4 is 10.1 Å². The number of benzene rings is 2. The van der Waals surface area contributed by atoms with Gasteiger partial charge in [-0.2, -0.15) is 8.78 Å². The van der Waals surface area contributed by atoms with E-state index in [-0.39, 0.29) is 32.2 Å². The molecule has 0 spiro atoms. The van der Waals surface area contributed by atoms with Crippen LogP contribution in [0.15, 0.2) is 36.4 Å². The zero-order valence-corrected chi connectivity index (χ0v) is 16.7. The van der Waals surface area contributed by atoms with E-state index in [9.17, 15) is 13.6 Å². The van der Waals surface area contributed by atoms with Crippen molar-refractivity contribution in [3.63, 3.8) is 0 Å². The number of para-hydroxylation sites is 2. The standard InChI is InChI=1S/C18H14Cl3F2N3O2/c1-9(17-25-13-4-2-3-5-14(13)26(17)18(22)23)24-16(27)8-28-15-7-11(20)10(19)6-12(15)21/h2-7,9,18H,8H2,1H3,(H,24,27). The van der Waals surface area contributed by atoms with Crippen molar-refractivity contribution in [1.82, 2.24) is 14.9 Å². The number of rotatable bonds is 6. The second-order valence-electron chi connectivity index (χ2n) is 5.88. The molecule has 5 nitrogen and oxygen atoms in total. The third-order valence-electron chi connectivity index (χ3n) is 3.92. The molecule has 0 saturated carbocycles. The van der Waals surface area contributed by atoms with Crippen LogP contribution in [-0.2, 0) is 4.79 Å². The van der Waals surface area contributed by atoms with Gasteiger partial charge in [0.1, 0.15) is 11.6 Å². The molecule has 0 fully saturated rings. The van der Waals surface area contributed by atoms with Crippen LogP contribution in [0.4, 0.5) is 8.78 Å². The molecule has 0 aliphatic rings. The number of nitrogens with zero attached hydrogens (tertiary/aromatic N) is 2. The summed E-state index contributed by atoms with van der Waals surface area (Å²) in [7, 11) is 0. The van der Waals surface area contributed by atoms with E-state index in [0.29, 0.717) is 5.52 Å². The van der Waals surface area contributed by atoms with Gasteiger partial charge in [-0.1, -0.05) is 46.9 Å². The number of hydrogen-bond donors (Lipinski definition) is 1. The van der Waals surface area contributed by atoms with Crippen LogP contribution in [0.5, 0.6) is 5.75 Å². The fraction of sp³-hybridized carbons (Fsp3) is 0.222. The van der Waals surface area contributed by atoms with Gasteiger partial charge >= 0.3 is 6.55 Å². The predicted octanol–water partition coefficient (Wildman–Crippen LogP) is 5.65. The number of alkyl halides is 2. The van der Waals surface area contributed by atoms with E-state index in [2.05, 4.69) is 10.3 Å². The van der Waals surface area contributed by atoms with Gasteiger partial charge < -0.3 is 10.1 Å². The largest absolute Gasteiger partial charge is 0.482 e. The zero-order valence-electron chi connectivity index (χ0n) is 14.4. The first-order valence-corrected chi connectivity index (χ1v) is 9.23. The zero-order chi connectivity index (χ0) is 20.4. The number of halogens is 5. The van der Waals surface area contributed by atoms with Crippen molar-refractivity contribution >= 4 is 51.7 Å². The Hall–Kier alpha value is -2.09. The van der Waals surface area contributed by atoms with Gasteiger partial charge in [-0.25, -0.2) is 4.98 Å². The van der Waals surface area contributed by atoms with Crippen LogP contribution in [0, 0.1) is 0 Å². The van der Waals surface area contributed by atoms with Crippen molar-refractivity contribution in [1.29, 1.82) is 0 Å². The maximum Gasteiger partial charge on any atom is 0.320 e. The molecular weight excluding hydrogens is 435 g/mol. The number of fused-ring (bicyclic) bond motifs is 1. The fourth-order valence-corrected chi connectivity index (χ4v) is 3.27. The molecule has 0 bridgehead atoms. The number of imidazole rings is 1. The summed E-state index contributed by atoms with van der Waals surface area (Å²) in [6.45, 7) is -1.63. The molecule has 1 heterocycles. The van der Waals surface area contributed by atoms with Gasteiger partial charge in [0.2, 0.25) is 0 Å². The minimum atomic E-state index is -2.80. The van der Waals surface area contributed by atoms with E-state index in [1.807, 2.05) is 0 Å². The highest BCUT2D eigenvalue weighted by Gasteiger charge is 2.23. The molecule has 0 aliphatic carbocycles. The Morgan fingerprint density at radius 1 is 1.18 bits per heavy atom. The lowest BCUT2D eigenvalue weighted by molar-refractivity contribution is -0.123. The maximum absolute atomic E-state index is 13.5. The monoisotopic (exact) mass is 447 g/mol. The van der Waals surface area contributed by atoms with Crippen LogP contribution >= 0.6 is 34.8 Å². The minimum Gasteiger partial charge on any atom is -0.482 e. The van der Waals surface area contributed by atoms with Crippen LogP contribution in [0.25, 0.3) is 11.0 Å². The van der Waals surface area contributed by atoms with E-state index < -0.39 is 25.1 Å². The summed E-state index contributed by atoms with van der Waals surface area (Å²) >= 11 is 17.7. The summed E-state index contributed by atoms with van der Waals surface area (Å²) in [4.78, 5) is 16.4. The van der Waals surface area contributed by atoms with E-state index >= 15 is 0 Å². The van der Waals surface area contributed by atoms with Crippen molar-refractivity contribution in [2.24, 2.45) is 0 Å². The Bertz CT molecular complexity index is 1030. The van der Waals surface area contributed by atoms with E-state index in [1.54, 1.807) is 31.2 Å². The second kappa shape index (κ2) is 8.51. The van der Waals surface area contributed by atoms with Gasteiger partial charge in [-0.3, -0.25) is 9.36 Å². The highest BCUT2D eigenvalue weighted by atomic mass is 35.5. The Morgan fingerprint density at radius 2 is 1.86 bits per heavy atom. The van der Waals surface area contributed by atoms with E-state index in [4.69, 9.17) is 39.5 Å². The van der Waals surface area contributed by atoms with Crippen LogP contribution in [0.1, 0.15) is 25.3 Å². The van der Waals surface area contributed by atoms with Crippen molar-refractivity contribution in [2.45, 2.75) is 19.5 Å². The molecule has 3 rings (SSSR count). The van der Waals surface area contributed by atoms with Crippen molar-refractivity contribution in [3.8, 4) is 5.75 Å². The number of amides is 1. The van der Waals surface area contributed by atoms with Gasteiger partial charge in [-0.15, -0.1) is 0 Å². The molecule has 1 unspecified atom stereocenters. The molecule has 28 heavy (non-hydrogen) atoms. The molecule has 1 N–H and O–H groups in total. The Labute approximate surface area is 174 Å². The molecule has 1 amide bonds. The van der Waals surface area contributed by atoms with Crippen molar-refractivity contribution < 1.29 is 18.3 Å². The molecule has 2 aromatic carbocycles. The lowest BCUT2D eigenvalue weighted by atomic mass is 10.3. The number of ether oxygens (including phenoxy) is 1. The first-order valence-electron chi connectivity index (χ1n) is 8.09. The molecule has 1 atom stereocenters. The Morgan fingerprint density at radius 3 is 2.57 bits per heavy atom. The summed E-state index contributed by atoms with van der Waals surface area (Å²) in [6.07, 6.45) is 0. The number of carbonyl (C=O) groups is 1. The normalized spacial score (nSPS) is 12.4. The third kappa shape index (κ3) is 4.32. The second-order valence-corrected chi connectivity index (χ2v) is 7.10.